The summed E-state index contributed by atoms with van der Waals surface area (Å²) in [6.07, 6.45) is 1.06. The maximum absolute atomic E-state index is 9.47. The van der Waals surface area contributed by atoms with Gasteiger partial charge in [0.25, 0.3) is 0 Å². The van der Waals surface area contributed by atoms with E-state index in [9.17, 15) is 4.79 Å². The van der Waals surface area contributed by atoms with Crippen molar-refractivity contribution in [3.63, 3.8) is 0 Å². The Bertz CT molecular complexity index is 148. The summed E-state index contributed by atoms with van der Waals surface area (Å²) >= 11 is 0. The Kier molecular flexibility index (Phi) is 8.61. The number of amides is 1. The minimum Gasteiger partial charge on any atom is -0.394 e. The van der Waals surface area contributed by atoms with Gasteiger partial charge in [0.1, 0.15) is 0 Å². The molecule has 0 unspecified atom stereocenters. The van der Waals surface area contributed by atoms with Gasteiger partial charge in [-0.15, -0.1) is 0 Å². The van der Waals surface area contributed by atoms with E-state index in [0.29, 0.717) is 0 Å². The number of aliphatic hydroxyl groups excluding tert-OH is 3. The molecule has 0 aliphatic rings. The lowest BCUT2D eigenvalue weighted by molar-refractivity contribution is -0.113. The summed E-state index contributed by atoms with van der Waals surface area (Å²) < 4.78 is 0. The van der Waals surface area contributed by atoms with E-state index < -0.39 is 31.3 Å². The summed E-state index contributed by atoms with van der Waals surface area (Å²) in [6, 6.07) is 0. The van der Waals surface area contributed by atoms with Crippen LogP contribution in [0.3, 0.4) is 0 Å². The van der Waals surface area contributed by atoms with Gasteiger partial charge in [0.2, 0.25) is 5.91 Å². The van der Waals surface area contributed by atoms with Crippen LogP contribution in [0.5, 0.6) is 0 Å². The van der Waals surface area contributed by atoms with E-state index >= 15 is 0 Å². The molecular formula is C7H16N2O4. The molecule has 0 heterocycles. The number of nitrogens with two attached hydrogens (primary N) is 2. The minimum atomic E-state index is -1.21. The van der Waals surface area contributed by atoms with Gasteiger partial charge in [-0.25, -0.2) is 0 Å². The van der Waals surface area contributed by atoms with Gasteiger partial charge in [-0.3, -0.25) is 4.79 Å². The van der Waals surface area contributed by atoms with Crippen LogP contribution in [0.25, 0.3) is 0 Å². The molecule has 6 heteroatoms. The Morgan fingerprint density at radius 1 is 1.31 bits per heavy atom. The number of hydrogen-bond acceptors (Lipinski definition) is 5. The summed E-state index contributed by atoms with van der Waals surface area (Å²) in [6.45, 7) is 1.88. The number of carbonyl (C=O) groups is 1. The number of carbonyl (C=O) groups excluding carboxylic acids is 1. The first kappa shape index (κ1) is 14.6. The zero-order valence-electron chi connectivity index (χ0n) is 7.31. The van der Waals surface area contributed by atoms with Crippen molar-refractivity contribution in [3.05, 3.63) is 12.7 Å². The molecule has 0 saturated carbocycles. The highest BCUT2D eigenvalue weighted by Crippen LogP contribution is 1.93. The SMILES string of the molecule is C=CC(N)=O.NC(CO)(CO)CO. The van der Waals surface area contributed by atoms with Gasteiger partial charge in [-0.05, 0) is 6.08 Å². The standard InChI is InChI=1S/C4H11NO3.C3H5NO/c5-4(1-6,2-7)3-8;1-2-3(4)5/h6-8H,1-3,5H2;2H,1H2,(H2,4,5). The molecule has 0 fully saturated rings. The summed E-state index contributed by atoms with van der Waals surface area (Å²) in [5.74, 6) is -0.481. The monoisotopic (exact) mass is 192 g/mol. The van der Waals surface area contributed by atoms with Crippen LogP contribution in [0.2, 0.25) is 0 Å². The number of rotatable bonds is 4. The summed E-state index contributed by atoms with van der Waals surface area (Å²) in [4.78, 5) is 9.47. The average molecular weight is 192 g/mol. The lowest BCUT2D eigenvalue weighted by Gasteiger charge is -2.20. The van der Waals surface area contributed by atoms with Crippen LogP contribution in [0.1, 0.15) is 0 Å². The van der Waals surface area contributed by atoms with E-state index in [-0.39, 0.29) is 0 Å². The van der Waals surface area contributed by atoms with Crippen LogP contribution in [-0.4, -0.2) is 46.6 Å². The largest absolute Gasteiger partial charge is 0.394 e. The van der Waals surface area contributed by atoms with Crippen LogP contribution < -0.4 is 11.5 Å². The zero-order chi connectivity index (χ0) is 10.9. The molecular weight excluding hydrogens is 176 g/mol. The fourth-order valence-corrected chi connectivity index (χ4v) is 0.150. The molecule has 7 N–H and O–H groups in total. The second-order valence-corrected chi connectivity index (χ2v) is 2.44. The van der Waals surface area contributed by atoms with Crippen molar-refractivity contribution in [3.8, 4) is 0 Å². The molecule has 0 aliphatic heterocycles. The van der Waals surface area contributed by atoms with Crippen molar-refractivity contribution in [2.45, 2.75) is 5.54 Å². The first-order valence-corrected chi connectivity index (χ1v) is 3.49. The molecule has 13 heavy (non-hydrogen) atoms. The van der Waals surface area contributed by atoms with Gasteiger partial charge in [0, 0.05) is 0 Å². The molecule has 0 spiro atoms. The average Bonchev–Trinajstić information content (AvgIpc) is 2.17. The van der Waals surface area contributed by atoms with Gasteiger partial charge < -0.3 is 26.8 Å². The van der Waals surface area contributed by atoms with Crippen molar-refractivity contribution >= 4 is 5.91 Å². The lowest BCUT2D eigenvalue weighted by atomic mass is 10.1. The van der Waals surface area contributed by atoms with E-state index in [0.717, 1.165) is 6.08 Å². The number of aliphatic hydroxyl groups is 3. The quantitative estimate of drug-likeness (QED) is 0.310. The van der Waals surface area contributed by atoms with Gasteiger partial charge in [-0.2, -0.15) is 0 Å². The molecule has 1 amide bonds. The second kappa shape index (κ2) is 7.69. The molecule has 0 aliphatic carbocycles. The van der Waals surface area contributed by atoms with E-state index in [1.807, 2.05) is 0 Å². The third kappa shape index (κ3) is 8.96. The summed E-state index contributed by atoms with van der Waals surface area (Å²) in [5.41, 5.74) is 8.47. The van der Waals surface area contributed by atoms with Gasteiger partial charge >= 0.3 is 0 Å². The summed E-state index contributed by atoms with van der Waals surface area (Å²) in [7, 11) is 0. The molecule has 0 aromatic rings. The highest BCUT2D eigenvalue weighted by Gasteiger charge is 2.20. The molecule has 0 bridgehead atoms. The normalized spacial score (nSPS) is 9.85. The maximum atomic E-state index is 9.47. The highest BCUT2D eigenvalue weighted by atomic mass is 16.3. The Morgan fingerprint density at radius 3 is 1.54 bits per heavy atom. The highest BCUT2D eigenvalue weighted by molar-refractivity contribution is 5.84. The van der Waals surface area contributed by atoms with Crippen molar-refractivity contribution in [2.75, 3.05) is 19.8 Å². The van der Waals surface area contributed by atoms with Crippen LogP contribution in [0.4, 0.5) is 0 Å². The van der Waals surface area contributed by atoms with Crippen molar-refractivity contribution < 1.29 is 20.1 Å². The van der Waals surface area contributed by atoms with E-state index in [4.69, 9.17) is 21.1 Å². The molecule has 0 radical (unpaired) electrons. The van der Waals surface area contributed by atoms with Gasteiger partial charge in [0.05, 0.1) is 25.4 Å². The third-order valence-electron chi connectivity index (χ3n) is 1.15. The number of hydrogen-bond donors (Lipinski definition) is 5. The second-order valence-electron chi connectivity index (χ2n) is 2.44. The lowest BCUT2D eigenvalue weighted by Crippen LogP contribution is -2.50. The molecule has 0 aromatic heterocycles. The minimum absolute atomic E-state index is 0.403. The predicted molar refractivity (Wildman–Crippen MR) is 47.6 cm³/mol. The molecule has 0 rings (SSSR count). The van der Waals surface area contributed by atoms with E-state index in [2.05, 4.69) is 12.3 Å². The maximum Gasteiger partial charge on any atom is 0.240 e. The zero-order valence-corrected chi connectivity index (χ0v) is 7.31. The van der Waals surface area contributed by atoms with Gasteiger partial charge in [0.15, 0.2) is 0 Å². The fraction of sp³-hybridized carbons (Fsp3) is 0.571. The molecule has 6 nitrogen and oxygen atoms in total. The predicted octanol–water partition coefficient (Wildman–Crippen LogP) is -2.68. The van der Waals surface area contributed by atoms with Crippen LogP contribution in [0.15, 0.2) is 12.7 Å². The Hall–Kier alpha value is -0.950. The Morgan fingerprint density at radius 2 is 1.54 bits per heavy atom. The van der Waals surface area contributed by atoms with Crippen LogP contribution >= 0.6 is 0 Å². The fourth-order valence-electron chi connectivity index (χ4n) is 0.150. The van der Waals surface area contributed by atoms with Crippen LogP contribution in [0, 0.1) is 0 Å². The third-order valence-corrected chi connectivity index (χ3v) is 1.15. The molecule has 0 aromatic carbocycles. The first-order valence-electron chi connectivity index (χ1n) is 3.49. The van der Waals surface area contributed by atoms with Gasteiger partial charge in [-0.1, -0.05) is 6.58 Å². The smallest absolute Gasteiger partial charge is 0.240 e. The summed E-state index contributed by atoms with van der Waals surface area (Å²) in [5, 5.41) is 25.0. The first-order chi connectivity index (χ1) is 5.95. The van der Waals surface area contributed by atoms with E-state index in [1.54, 1.807) is 0 Å². The number of primary amides is 1. The Labute approximate surface area is 76.5 Å². The molecule has 78 valence electrons. The van der Waals surface area contributed by atoms with Crippen LogP contribution in [-0.2, 0) is 4.79 Å². The van der Waals surface area contributed by atoms with E-state index in [1.165, 1.54) is 0 Å². The van der Waals surface area contributed by atoms with Crippen molar-refractivity contribution in [1.29, 1.82) is 0 Å². The van der Waals surface area contributed by atoms with Crippen molar-refractivity contribution in [1.82, 2.24) is 0 Å². The van der Waals surface area contributed by atoms with Crippen molar-refractivity contribution in [2.24, 2.45) is 11.5 Å². The Balaban J connectivity index is 0. The molecule has 0 atom stereocenters. The topological polar surface area (TPSA) is 130 Å². The molecule has 0 saturated heterocycles.